The van der Waals surface area contributed by atoms with Gasteiger partial charge in [-0.15, -0.1) is 0 Å². The SMILES string of the molecule is C/C=C/c1ccc2n(c1=O)C[C@@H]1[C@@H](CO)[C@H](C(=O)NCC)N(C(=O)C3CCOCC3)[C@H]21. The van der Waals surface area contributed by atoms with Crippen LogP contribution in [-0.2, 0) is 20.9 Å². The number of nitrogens with zero attached hydrogens (tertiary/aromatic N) is 2. The second-order valence-corrected chi connectivity index (χ2v) is 8.56. The van der Waals surface area contributed by atoms with Crippen LogP contribution in [0.15, 0.2) is 23.0 Å². The highest BCUT2D eigenvalue weighted by molar-refractivity contribution is 5.90. The number of nitrogens with one attached hydrogen (secondary N) is 1. The predicted octanol–water partition coefficient (Wildman–Crippen LogP) is 0.934. The van der Waals surface area contributed by atoms with Crippen LogP contribution in [0.3, 0.4) is 0 Å². The number of likely N-dealkylation sites (tertiary alicyclic amines) is 1. The number of carbonyl (C=O) groups is 2. The fourth-order valence-corrected chi connectivity index (χ4v) is 5.49. The molecule has 1 aromatic rings. The summed E-state index contributed by atoms with van der Waals surface area (Å²) in [5, 5.41) is 13.1. The van der Waals surface area contributed by atoms with Gasteiger partial charge in [-0.05, 0) is 38.8 Å². The van der Waals surface area contributed by atoms with Crippen molar-refractivity contribution in [3.05, 3.63) is 39.8 Å². The summed E-state index contributed by atoms with van der Waals surface area (Å²) in [6.45, 7) is 5.37. The van der Waals surface area contributed by atoms with Crippen LogP contribution in [0.5, 0.6) is 0 Å². The van der Waals surface area contributed by atoms with Crippen molar-refractivity contribution in [3.8, 4) is 0 Å². The van der Waals surface area contributed by atoms with Crippen LogP contribution in [0.1, 0.15) is 44.0 Å². The van der Waals surface area contributed by atoms with E-state index in [9.17, 15) is 19.5 Å². The van der Waals surface area contributed by atoms with Gasteiger partial charge in [0, 0.05) is 61.9 Å². The number of rotatable bonds is 5. The fourth-order valence-electron chi connectivity index (χ4n) is 5.49. The lowest BCUT2D eigenvalue weighted by atomic mass is 9.88. The second-order valence-electron chi connectivity index (χ2n) is 8.56. The van der Waals surface area contributed by atoms with E-state index in [1.54, 1.807) is 21.6 Å². The number of aliphatic hydroxyl groups excluding tert-OH is 1. The van der Waals surface area contributed by atoms with Crippen molar-refractivity contribution in [2.45, 2.75) is 45.3 Å². The van der Waals surface area contributed by atoms with Crippen molar-refractivity contribution in [2.75, 3.05) is 26.4 Å². The summed E-state index contributed by atoms with van der Waals surface area (Å²) in [6, 6.07) is 2.53. The van der Waals surface area contributed by atoms with E-state index in [1.165, 1.54) is 0 Å². The van der Waals surface area contributed by atoms with Gasteiger partial charge in [-0.2, -0.15) is 0 Å². The molecule has 2 amide bonds. The van der Waals surface area contributed by atoms with Crippen molar-refractivity contribution in [1.29, 1.82) is 0 Å². The Labute approximate surface area is 181 Å². The minimum atomic E-state index is -0.741. The molecule has 0 unspecified atom stereocenters. The van der Waals surface area contributed by atoms with Gasteiger partial charge in [0.1, 0.15) is 6.04 Å². The number of carbonyl (C=O) groups excluding carboxylic acids is 2. The molecule has 4 heterocycles. The van der Waals surface area contributed by atoms with Crippen molar-refractivity contribution >= 4 is 17.9 Å². The van der Waals surface area contributed by atoms with Crippen LogP contribution in [0.4, 0.5) is 0 Å². The van der Waals surface area contributed by atoms with E-state index in [4.69, 9.17) is 4.74 Å². The third-order valence-corrected chi connectivity index (χ3v) is 6.90. The zero-order valence-electron chi connectivity index (χ0n) is 18.1. The van der Waals surface area contributed by atoms with Crippen molar-refractivity contribution in [3.63, 3.8) is 0 Å². The second kappa shape index (κ2) is 8.96. The smallest absolute Gasteiger partial charge is 0.258 e. The zero-order chi connectivity index (χ0) is 22.1. The molecule has 0 spiro atoms. The Bertz CT molecular complexity index is 934. The highest BCUT2D eigenvalue weighted by Crippen LogP contribution is 2.50. The lowest BCUT2D eigenvalue weighted by Crippen LogP contribution is -2.52. The van der Waals surface area contributed by atoms with Crippen LogP contribution < -0.4 is 10.9 Å². The molecule has 168 valence electrons. The molecule has 0 saturated carbocycles. The maximum absolute atomic E-state index is 13.7. The first kappa shape index (κ1) is 21.8. The molecule has 4 rings (SSSR count). The zero-order valence-corrected chi connectivity index (χ0v) is 18.1. The molecular weight excluding hydrogens is 398 g/mol. The van der Waals surface area contributed by atoms with Gasteiger partial charge in [-0.1, -0.05) is 12.2 Å². The largest absolute Gasteiger partial charge is 0.396 e. The van der Waals surface area contributed by atoms with Gasteiger partial charge in [0.05, 0.1) is 6.04 Å². The van der Waals surface area contributed by atoms with Crippen LogP contribution >= 0.6 is 0 Å². The van der Waals surface area contributed by atoms with E-state index in [0.717, 1.165) is 5.69 Å². The topological polar surface area (TPSA) is 101 Å². The summed E-state index contributed by atoms with van der Waals surface area (Å²) in [6.07, 6.45) is 4.83. The van der Waals surface area contributed by atoms with Crippen LogP contribution in [0.25, 0.3) is 6.08 Å². The third-order valence-electron chi connectivity index (χ3n) is 6.90. The average Bonchev–Trinajstić information content (AvgIpc) is 3.31. The highest BCUT2D eigenvalue weighted by atomic mass is 16.5. The number of allylic oxidation sites excluding steroid dienone is 1. The van der Waals surface area contributed by atoms with E-state index < -0.39 is 18.0 Å². The van der Waals surface area contributed by atoms with E-state index in [0.29, 0.717) is 44.7 Å². The first-order valence-electron chi connectivity index (χ1n) is 11.2. The molecule has 2 N–H and O–H groups in total. The first-order chi connectivity index (χ1) is 15.0. The standard InChI is InChI=1S/C23H31N3O5/c1-3-5-14-6-7-18-19-16(12-25(18)22(14)29)17(13-27)20(21(28)24-4-2)26(19)23(30)15-8-10-31-11-9-15/h3,5-7,15-17,19-20,27H,4,8-13H2,1-2H3,(H,24,28)/b5-3+/t16-,17-,19+,20-/m1/s1. The number of amides is 2. The Hall–Kier alpha value is -2.45. The Morgan fingerprint density at radius 2 is 2.03 bits per heavy atom. The molecule has 8 nitrogen and oxygen atoms in total. The lowest BCUT2D eigenvalue weighted by molar-refractivity contribution is -0.147. The number of pyridine rings is 1. The van der Waals surface area contributed by atoms with Gasteiger partial charge in [-0.3, -0.25) is 14.4 Å². The van der Waals surface area contributed by atoms with Crippen LogP contribution in [0, 0.1) is 17.8 Å². The number of fused-ring (bicyclic) bond motifs is 3. The monoisotopic (exact) mass is 429 g/mol. The number of hydrogen-bond donors (Lipinski definition) is 2. The molecule has 2 fully saturated rings. The third kappa shape index (κ3) is 3.61. The van der Waals surface area contributed by atoms with Gasteiger partial charge in [0.25, 0.3) is 5.56 Å². The quantitative estimate of drug-likeness (QED) is 0.725. The molecule has 4 atom stereocenters. The lowest BCUT2D eigenvalue weighted by Gasteiger charge is -2.34. The number of hydrogen-bond acceptors (Lipinski definition) is 5. The Kier molecular flexibility index (Phi) is 6.29. The Balaban J connectivity index is 1.79. The molecule has 0 bridgehead atoms. The number of aromatic nitrogens is 1. The first-order valence-corrected chi connectivity index (χ1v) is 11.2. The van der Waals surface area contributed by atoms with Gasteiger partial charge in [0.15, 0.2) is 0 Å². The van der Waals surface area contributed by atoms with Gasteiger partial charge >= 0.3 is 0 Å². The van der Waals surface area contributed by atoms with Crippen LogP contribution in [-0.4, -0.2) is 58.8 Å². The summed E-state index contributed by atoms with van der Waals surface area (Å²) in [4.78, 5) is 41.4. The molecule has 8 heteroatoms. The predicted molar refractivity (Wildman–Crippen MR) is 115 cm³/mol. The minimum Gasteiger partial charge on any atom is -0.396 e. The molecule has 3 aliphatic heterocycles. The van der Waals surface area contributed by atoms with E-state index in [2.05, 4.69) is 5.32 Å². The fraction of sp³-hybridized carbons (Fsp3) is 0.609. The summed E-state index contributed by atoms with van der Waals surface area (Å²) >= 11 is 0. The average molecular weight is 430 g/mol. The highest BCUT2D eigenvalue weighted by Gasteiger charge is 2.57. The van der Waals surface area contributed by atoms with Crippen molar-refractivity contribution in [1.82, 2.24) is 14.8 Å². The van der Waals surface area contributed by atoms with Gasteiger partial charge in [-0.25, -0.2) is 0 Å². The number of aliphatic hydroxyl groups is 1. The minimum absolute atomic E-state index is 0.0797. The molecule has 2 saturated heterocycles. The molecule has 31 heavy (non-hydrogen) atoms. The molecule has 0 aliphatic carbocycles. The van der Waals surface area contributed by atoms with E-state index in [1.807, 2.05) is 26.0 Å². The van der Waals surface area contributed by atoms with Gasteiger partial charge < -0.3 is 24.6 Å². The molecule has 0 radical (unpaired) electrons. The number of ether oxygens (including phenoxy) is 1. The van der Waals surface area contributed by atoms with E-state index in [-0.39, 0.29) is 35.8 Å². The van der Waals surface area contributed by atoms with E-state index >= 15 is 0 Å². The maximum atomic E-state index is 13.7. The van der Waals surface area contributed by atoms with Crippen molar-refractivity contribution in [2.24, 2.45) is 17.8 Å². The molecule has 0 aromatic carbocycles. The molecule has 3 aliphatic rings. The molecular formula is C23H31N3O5. The number of likely N-dealkylation sites (N-methyl/N-ethyl adjacent to an activating group) is 1. The summed E-state index contributed by atoms with van der Waals surface area (Å²) < 4.78 is 7.13. The Morgan fingerprint density at radius 3 is 2.68 bits per heavy atom. The molecule has 1 aromatic heterocycles. The summed E-state index contributed by atoms with van der Waals surface area (Å²) in [7, 11) is 0. The summed E-state index contributed by atoms with van der Waals surface area (Å²) in [5.74, 6) is -1.15. The van der Waals surface area contributed by atoms with Crippen molar-refractivity contribution < 1.29 is 19.4 Å². The Morgan fingerprint density at radius 1 is 1.29 bits per heavy atom. The van der Waals surface area contributed by atoms with Crippen LogP contribution in [0.2, 0.25) is 0 Å². The normalized spacial score (nSPS) is 28.0. The van der Waals surface area contributed by atoms with Gasteiger partial charge in [0.2, 0.25) is 11.8 Å². The maximum Gasteiger partial charge on any atom is 0.258 e. The summed E-state index contributed by atoms with van der Waals surface area (Å²) in [5.41, 5.74) is 1.23.